The van der Waals surface area contributed by atoms with Crippen molar-refractivity contribution in [2.45, 2.75) is 52.4 Å². The number of fused-ring (bicyclic) bond motifs is 3. The minimum atomic E-state index is -0.182. The number of rotatable bonds is 10. The second-order valence-corrected chi connectivity index (χ2v) is 20.0. The van der Waals surface area contributed by atoms with Crippen LogP contribution in [0.1, 0.15) is 52.8 Å². The third-order valence-corrected chi connectivity index (χ3v) is 13.0. The van der Waals surface area contributed by atoms with Gasteiger partial charge in [-0.05, 0) is 95.9 Å². The van der Waals surface area contributed by atoms with Gasteiger partial charge in [0, 0.05) is 55.9 Å². The number of aromatic nitrogens is 5. The molecule has 3 aromatic heterocycles. The van der Waals surface area contributed by atoms with E-state index in [-0.39, 0.29) is 10.8 Å². The molecule has 3 heterocycles. The lowest BCUT2D eigenvalue weighted by Gasteiger charge is -2.34. The number of para-hydroxylation sites is 4. The minimum absolute atomic E-state index is 0.0984. The Morgan fingerprint density at radius 2 is 0.732 bits per heavy atom. The van der Waals surface area contributed by atoms with Crippen LogP contribution >= 0.6 is 0 Å². The summed E-state index contributed by atoms with van der Waals surface area (Å²) < 4.78 is 2.45. The van der Waals surface area contributed by atoms with E-state index < -0.39 is 0 Å². The summed E-state index contributed by atoms with van der Waals surface area (Å²) in [6.45, 7) is 13.5. The number of anilines is 6. The van der Waals surface area contributed by atoms with Gasteiger partial charge in [-0.25, -0.2) is 19.9 Å². The Morgan fingerprint density at radius 1 is 0.352 bits per heavy atom. The average Bonchev–Trinajstić information content (AvgIpc) is 3.72. The van der Waals surface area contributed by atoms with E-state index in [1.807, 2.05) is 36.4 Å². The summed E-state index contributed by atoms with van der Waals surface area (Å²) in [6.07, 6.45) is 0. The summed E-state index contributed by atoms with van der Waals surface area (Å²) in [5.74, 6) is 1.72. The molecule has 71 heavy (non-hydrogen) atoms. The van der Waals surface area contributed by atoms with Crippen molar-refractivity contribution in [3.8, 4) is 39.9 Å². The molecule has 0 fully saturated rings. The van der Waals surface area contributed by atoms with E-state index in [2.05, 4.69) is 244 Å². The Hall–Kier alpha value is -8.68. The van der Waals surface area contributed by atoms with Crippen LogP contribution in [0.5, 0.6) is 0 Å². The van der Waals surface area contributed by atoms with Crippen LogP contribution in [0.15, 0.2) is 224 Å². The van der Waals surface area contributed by atoms with Crippen LogP contribution in [0.2, 0.25) is 0 Å². The highest BCUT2D eigenvalue weighted by atomic mass is 15.2. The minimum Gasteiger partial charge on any atom is -0.308 e. The number of pyridine rings is 1. The van der Waals surface area contributed by atoms with Gasteiger partial charge in [-0.1, -0.05) is 181 Å². The number of hydrogen-bond donors (Lipinski definition) is 0. The first-order chi connectivity index (χ1) is 34.5. The Morgan fingerprint density at radius 3 is 1.13 bits per heavy atom. The molecule has 0 aliphatic rings. The molecule has 11 aromatic rings. The van der Waals surface area contributed by atoms with Gasteiger partial charge in [0.05, 0.1) is 33.6 Å². The summed E-state index contributed by atoms with van der Waals surface area (Å²) in [5, 5.41) is 1.09. The van der Waals surface area contributed by atoms with Crippen LogP contribution in [0.4, 0.5) is 34.1 Å². The lowest BCUT2D eigenvalue weighted by molar-refractivity contribution is 0.571. The zero-order valence-corrected chi connectivity index (χ0v) is 41.0. The molecule has 346 valence electrons. The second-order valence-electron chi connectivity index (χ2n) is 20.0. The SMILES string of the molecule is CC(C)(C)c1ccc2c(c1)c1nc(C(C)(C)C)ccc1n2-c1c(N(c2ccccc2)c2ccccc2)cc(-c2nc(-c3ccccc3)nc(-c3ccccc3)n2)cc1N(c1ccccc1)c1ccccc1. The van der Waals surface area contributed by atoms with E-state index in [4.69, 9.17) is 19.9 Å². The molecule has 0 N–H and O–H groups in total. The van der Waals surface area contributed by atoms with Crippen molar-refractivity contribution in [2.75, 3.05) is 9.80 Å². The van der Waals surface area contributed by atoms with Crippen LogP contribution in [-0.2, 0) is 10.8 Å². The highest BCUT2D eigenvalue weighted by molar-refractivity contribution is 6.10. The molecule has 8 aromatic carbocycles. The fourth-order valence-corrected chi connectivity index (χ4v) is 9.41. The summed E-state index contributed by atoms with van der Waals surface area (Å²) in [6, 6.07) is 78.9. The van der Waals surface area contributed by atoms with Gasteiger partial charge in [0.1, 0.15) is 0 Å². The Labute approximate surface area is 416 Å². The van der Waals surface area contributed by atoms with Crippen molar-refractivity contribution in [3.63, 3.8) is 0 Å². The number of nitrogens with zero attached hydrogens (tertiary/aromatic N) is 7. The lowest BCUT2D eigenvalue weighted by atomic mass is 9.86. The van der Waals surface area contributed by atoms with Gasteiger partial charge in [0.2, 0.25) is 0 Å². The molecule has 0 aliphatic heterocycles. The topological polar surface area (TPSA) is 63.0 Å². The van der Waals surface area contributed by atoms with E-state index in [0.29, 0.717) is 17.5 Å². The first-order valence-corrected chi connectivity index (χ1v) is 24.3. The highest BCUT2D eigenvalue weighted by Gasteiger charge is 2.31. The fraction of sp³-hybridized carbons (Fsp3) is 0.125. The lowest BCUT2D eigenvalue weighted by Crippen LogP contribution is -2.18. The predicted molar refractivity (Wildman–Crippen MR) is 295 cm³/mol. The number of benzene rings is 8. The predicted octanol–water partition coefficient (Wildman–Crippen LogP) is 16.9. The van der Waals surface area contributed by atoms with Crippen molar-refractivity contribution >= 4 is 56.1 Å². The van der Waals surface area contributed by atoms with Gasteiger partial charge < -0.3 is 14.4 Å². The summed E-state index contributed by atoms with van der Waals surface area (Å²) in [5.41, 5.74) is 14.3. The molecule has 0 radical (unpaired) electrons. The van der Waals surface area contributed by atoms with Crippen molar-refractivity contribution in [3.05, 3.63) is 236 Å². The highest BCUT2D eigenvalue weighted by Crippen LogP contribution is 2.51. The van der Waals surface area contributed by atoms with Gasteiger partial charge in [-0.15, -0.1) is 0 Å². The van der Waals surface area contributed by atoms with Crippen molar-refractivity contribution < 1.29 is 0 Å². The average molecular weight is 922 g/mol. The second kappa shape index (κ2) is 18.3. The van der Waals surface area contributed by atoms with Gasteiger partial charge in [0.15, 0.2) is 17.5 Å². The molecule has 0 unspecified atom stereocenters. The van der Waals surface area contributed by atoms with Gasteiger partial charge >= 0.3 is 0 Å². The molecule has 0 aliphatic carbocycles. The molecule has 0 spiro atoms. The molecule has 0 saturated heterocycles. The summed E-state index contributed by atoms with van der Waals surface area (Å²) in [4.78, 5) is 26.2. The monoisotopic (exact) mass is 921 g/mol. The molecule has 7 nitrogen and oxygen atoms in total. The van der Waals surface area contributed by atoms with E-state index in [9.17, 15) is 0 Å². The third kappa shape index (κ3) is 8.72. The van der Waals surface area contributed by atoms with E-state index in [1.54, 1.807) is 0 Å². The standard InChI is InChI=1S/C64H55N7/c1-63(2,3)47-37-38-53-52(43-47)58-54(39-40-57(65-58)64(4,5)6)71(53)59-55(69(48-29-17-9-18-30-48)49-31-19-10-20-32-49)41-46(42-56(59)70(50-33-21-11-22-34-50)51-35-23-12-24-36-51)62-67-60(44-25-13-7-14-26-44)66-61(68-62)45-27-15-8-16-28-45/h7-43H,1-6H3. The quantitative estimate of drug-likeness (QED) is 0.136. The summed E-state index contributed by atoms with van der Waals surface area (Å²) in [7, 11) is 0. The molecule has 0 amide bonds. The Kier molecular flexibility index (Phi) is 11.6. The first kappa shape index (κ1) is 44.8. The zero-order chi connectivity index (χ0) is 48.7. The van der Waals surface area contributed by atoms with E-state index >= 15 is 0 Å². The smallest absolute Gasteiger partial charge is 0.164 e. The van der Waals surface area contributed by atoms with Gasteiger partial charge in [-0.3, -0.25) is 0 Å². The van der Waals surface area contributed by atoms with Crippen molar-refractivity contribution in [2.24, 2.45) is 0 Å². The van der Waals surface area contributed by atoms with Crippen LogP contribution in [0.3, 0.4) is 0 Å². The molecule has 0 bridgehead atoms. The van der Waals surface area contributed by atoms with Crippen LogP contribution in [0.25, 0.3) is 61.8 Å². The van der Waals surface area contributed by atoms with Crippen molar-refractivity contribution in [1.29, 1.82) is 0 Å². The fourth-order valence-electron chi connectivity index (χ4n) is 9.41. The normalized spacial score (nSPS) is 11.8. The van der Waals surface area contributed by atoms with Crippen LogP contribution in [0, 0.1) is 0 Å². The van der Waals surface area contributed by atoms with Gasteiger partial charge in [-0.2, -0.15) is 0 Å². The molecule has 0 saturated carbocycles. The molecular weight excluding hydrogens is 867 g/mol. The maximum Gasteiger partial charge on any atom is 0.164 e. The summed E-state index contributed by atoms with van der Waals surface area (Å²) >= 11 is 0. The van der Waals surface area contributed by atoms with E-state index in [0.717, 1.165) is 84.1 Å². The van der Waals surface area contributed by atoms with E-state index in [1.165, 1.54) is 5.56 Å². The third-order valence-electron chi connectivity index (χ3n) is 13.0. The maximum absolute atomic E-state index is 5.59. The van der Waals surface area contributed by atoms with Crippen LogP contribution < -0.4 is 9.80 Å². The molecular formula is C64H55N7. The largest absolute Gasteiger partial charge is 0.308 e. The van der Waals surface area contributed by atoms with Crippen LogP contribution in [-0.4, -0.2) is 24.5 Å². The Balaban J connectivity index is 1.35. The van der Waals surface area contributed by atoms with Crippen molar-refractivity contribution in [1.82, 2.24) is 24.5 Å². The first-order valence-electron chi connectivity index (χ1n) is 24.3. The molecule has 0 atom stereocenters. The van der Waals surface area contributed by atoms with Gasteiger partial charge in [0.25, 0.3) is 0 Å². The Bertz CT molecular complexity index is 3330. The molecule has 7 heteroatoms. The maximum atomic E-state index is 5.59. The number of hydrogen-bond acceptors (Lipinski definition) is 6. The zero-order valence-electron chi connectivity index (χ0n) is 41.0. The molecule has 11 rings (SSSR count).